The SMILES string of the molecule is CC(=O)CSc1nc2scc(-c3cccs3)c2c(=O)n1-c1ccccc1. The van der Waals surface area contributed by atoms with E-state index < -0.39 is 0 Å². The van der Waals surface area contributed by atoms with Gasteiger partial charge in [-0.05, 0) is 30.5 Å². The average Bonchev–Trinajstić information content (AvgIpc) is 3.30. The number of rotatable bonds is 5. The van der Waals surface area contributed by atoms with Crippen molar-refractivity contribution in [3.05, 3.63) is 63.6 Å². The predicted molar refractivity (Wildman–Crippen MR) is 110 cm³/mol. The minimum atomic E-state index is -0.100. The lowest BCUT2D eigenvalue weighted by Gasteiger charge is -2.11. The van der Waals surface area contributed by atoms with Crippen LogP contribution in [0.5, 0.6) is 0 Å². The molecule has 3 aromatic heterocycles. The van der Waals surface area contributed by atoms with Crippen molar-refractivity contribution in [2.45, 2.75) is 12.1 Å². The molecule has 4 nitrogen and oxygen atoms in total. The molecule has 0 atom stereocenters. The standard InChI is InChI=1S/C19H14N2O2S3/c1-12(22)10-26-19-20-17-16(14(11-25-17)15-8-5-9-24-15)18(23)21(19)13-6-3-2-4-7-13/h2-9,11H,10H2,1H3. The largest absolute Gasteiger partial charge is 0.299 e. The van der Waals surface area contributed by atoms with Crippen LogP contribution in [0.4, 0.5) is 0 Å². The number of aromatic nitrogens is 2. The highest BCUT2D eigenvalue weighted by molar-refractivity contribution is 7.99. The smallest absolute Gasteiger partial charge is 0.268 e. The second-order valence-electron chi connectivity index (χ2n) is 5.67. The van der Waals surface area contributed by atoms with E-state index in [1.165, 1.54) is 30.0 Å². The number of Topliss-reactive ketones (excluding diaryl/α,β-unsaturated/α-hetero) is 1. The zero-order chi connectivity index (χ0) is 18.1. The number of ketones is 1. The van der Waals surface area contributed by atoms with Gasteiger partial charge in [0, 0.05) is 15.8 Å². The third-order valence-electron chi connectivity index (χ3n) is 3.78. The fraction of sp³-hybridized carbons (Fsp3) is 0.105. The third kappa shape index (κ3) is 3.13. The molecule has 0 saturated heterocycles. The number of carbonyl (C=O) groups excluding carboxylic acids is 1. The van der Waals surface area contributed by atoms with Crippen molar-refractivity contribution >= 4 is 50.4 Å². The molecule has 0 radical (unpaired) electrons. The number of thiophene rings is 2. The first-order valence-corrected chi connectivity index (χ1v) is 10.7. The van der Waals surface area contributed by atoms with Crippen molar-refractivity contribution in [1.82, 2.24) is 9.55 Å². The molecule has 0 aliphatic rings. The van der Waals surface area contributed by atoms with Crippen LogP contribution in [0.25, 0.3) is 26.3 Å². The van der Waals surface area contributed by atoms with Crippen LogP contribution < -0.4 is 5.56 Å². The molecule has 0 spiro atoms. The molecule has 7 heteroatoms. The molecule has 26 heavy (non-hydrogen) atoms. The molecule has 0 aliphatic carbocycles. The second kappa shape index (κ2) is 7.19. The van der Waals surface area contributed by atoms with Crippen LogP contribution in [-0.4, -0.2) is 21.1 Å². The number of benzene rings is 1. The highest BCUT2D eigenvalue weighted by Gasteiger charge is 2.19. The Morgan fingerprint density at radius 1 is 1.15 bits per heavy atom. The van der Waals surface area contributed by atoms with E-state index in [0.717, 1.165) is 16.1 Å². The minimum Gasteiger partial charge on any atom is -0.299 e. The molecule has 0 bridgehead atoms. The molecule has 130 valence electrons. The molecular formula is C19H14N2O2S3. The van der Waals surface area contributed by atoms with Crippen LogP contribution in [-0.2, 0) is 4.79 Å². The Morgan fingerprint density at radius 3 is 2.65 bits per heavy atom. The van der Waals surface area contributed by atoms with Crippen LogP contribution >= 0.6 is 34.4 Å². The van der Waals surface area contributed by atoms with E-state index in [1.807, 2.05) is 53.2 Å². The molecule has 4 rings (SSSR count). The van der Waals surface area contributed by atoms with Gasteiger partial charge >= 0.3 is 0 Å². The minimum absolute atomic E-state index is 0.0504. The normalized spacial score (nSPS) is 11.1. The van der Waals surface area contributed by atoms with Crippen molar-refractivity contribution in [3.63, 3.8) is 0 Å². The van der Waals surface area contributed by atoms with Gasteiger partial charge in [0.15, 0.2) is 5.16 Å². The molecule has 4 aromatic rings. The van der Waals surface area contributed by atoms with Crippen LogP contribution in [0.2, 0.25) is 0 Å². The van der Waals surface area contributed by atoms with Gasteiger partial charge in [0.2, 0.25) is 0 Å². The molecular weight excluding hydrogens is 384 g/mol. The topological polar surface area (TPSA) is 52.0 Å². The predicted octanol–water partition coefficient (Wildman–Crippen LogP) is 4.86. The highest BCUT2D eigenvalue weighted by atomic mass is 32.2. The van der Waals surface area contributed by atoms with Crippen molar-refractivity contribution < 1.29 is 4.79 Å². The van der Waals surface area contributed by atoms with Gasteiger partial charge in [-0.1, -0.05) is 36.0 Å². The van der Waals surface area contributed by atoms with Crippen molar-refractivity contribution in [3.8, 4) is 16.1 Å². The summed E-state index contributed by atoms with van der Waals surface area (Å²) in [5.74, 6) is 0.336. The van der Waals surface area contributed by atoms with Crippen molar-refractivity contribution in [2.24, 2.45) is 0 Å². The van der Waals surface area contributed by atoms with E-state index in [0.29, 0.717) is 15.4 Å². The highest BCUT2D eigenvalue weighted by Crippen LogP contribution is 2.35. The van der Waals surface area contributed by atoms with E-state index in [1.54, 1.807) is 15.9 Å². The molecule has 0 fully saturated rings. The van der Waals surface area contributed by atoms with Gasteiger partial charge in [-0.3, -0.25) is 14.2 Å². The van der Waals surface area contributed by atoms with Gasteiger partial charge in [-0.2, -0.15) is 0 Å². The number of para-hydroxylation sites is 1. The summed E-state index contributed by atoms with van der Waals surface area (Å²) in [7, 11) is 0. The van der Waals surface area contributed by atoms with E-state index in [9.17, 15) is 9.59 Å². The summed E-state index contributed by atoms with van der Waals surface area (Å²) in [5, 5.41) is 5.16. The van der Waals surface area contributed by atoms with Crippen LogP contribution in [0.1, 0.15) is 6.92 Å². The Morgan fingerprint density at radius 2 is 1.96 bits per heavy atom. The summed E-state index contributed by atoms with van der Waals surface area (Å²) in [6.07, 6.45) is 0. The molecule has 0 saturated carbocycles. The quantitative estimate of drug-likeness (QED) is 0.356. The fourth-order valence-electron chi connectivity index (χ4n) is 2.65. The summed E-state index contributed by atoms with van der Waals surface area (Å²) >= 11 is 4.37. The van der Waals surface area contributed by atoms with Gasteiger partial charge in [0.05, 0.1) is 16.8 Å². The first-order chi connectivity index (χ1) is 12.6. The molecule has 3 heterocycles. The number of nitrogens with zero attached hydrogens (tertiary/aromatic N) is 2. The Bertz CT molecular complexity index is 1130. The van der Waals surface area contributed by atoms with E-state index >= 15 is 0 Å². The average molecular weight is 399 g/mol. The van der Waals surface area contributed by atoms with Gasteiger partial charge in [-0.15, -0.1) is 22.7 Å². The van der Waals surface area contributed by atoms with Gasteiger partial charge < -0.3 is 0 Å². The van der Waals surface area contributed by atoms with Gasteiger partial charge in [0.25, 0.3) is 5.56 Å². The maximum absolute atomic E-state index is 13.4. The summed E-state index contributed by atoms with van der Waals surface area (Å²) in [5.41, 5.74) is 1.57. The first kappa shape index (κ1) is 17.2. The van der Waals surface area contributed by atoms with Gasteiger partial charge in [0.1, 0.15) is 10.6 Å². The van der Waals surface area contributed by atoms with Crippen molar-refractivity contribution in [1.29, 1.82) is 0 Å². The van der Waals surface area contributed by atoms with Crippen LogP contribution in [0.3, 0.4) is 0 Å². The van der Waals surface area contributed by atoms with E-state index in [-0.39, 0.29) is 17.1 Å². The third-order valence-corrected chi connectivity index (χ3v) is 6.64. The van der Waals surface area contributed by atoms with Gasteiger partial charge in [-0.25, -0.2) is 4.98 Å². The fourth-order valence-corrected chi connectivity index (χ4v) is 5.27. The molecule has 0 amide bonds. The molecule has 0 unspecified atom stereocenters. The zero-order valence-electron chi connectivity index (χ0n) is 13.8. The molecule has 0 aliphatic heterocycles. The lowest BCUT2D eigenvalue weighted by atomic mass is 10.2. The van der Waals surface area contributed by atoms with E-state index in [4.69, 9.17) is 4.98 Å². The summed E-state index contributed by atoms with van der Waals surface area (Å²) in [6, 6.07) is 13.4. The van der Waals surface area contributed by atoms with Crippen molar-refractivity contribution in [2.75, 3.05) is 5.75 Å². The number of hydrogen-bond acceptors (Lipinski definition) is 6. The molecule has 0 N–H and O–H groups in total. The number of hydrogen-bond donors (Lipinski definition) is 0. The number of carbonyl (C=O) groups is 1. The monoisotopic (exact) mass is 398 g/mol. The Labute approximate surface area is 162 Å². The summed E-state index contributed by atoms with van der Waals surface area (Å²) in [4.78, 5) is 31.3. The molecule has 1 aromatic carbocycles. The Balaban J connectivity index is 1.99. The first-order valence-electron chi connectivity index (χ1n) is 7.91. The maximum Gasteiger partial charge on any atom is 0.268 e. The summed E-state index contributed by atoms with van der Waals surface area (Å²) in [6.45, 7) is 1.54. The lowest BCUT2D eigenvalue weighted by molar-refractivity contribution is -0.114. The number of fused-ring (bicyclic) bond motifs is 1. The van der Waals surface area contributed by atoms with Crippen LogP contribution in [0.15, 0.2) is 63.2 Å². The summed E-state index contributed by atoms with van der Waals surface area (Å²) < 4.78 is 1.61. The van der Waals surface area contributed by atoms with E-state index in [2.05, 4.69) is 0 Å². The lowest BCUT2D eigenvalue weighted by Crippen LogP contribution is -2.21. The van der Waals surface area contributed by atoms with Crippen LogP contribution in [0, 0.1) is 0 Å². The zero-order valence-corrected chi connectivity index (χ0v) is 16.3. The Kier molecular flexibility index (Phi) is 4.76. The Hall–Kier alpha value is -2.22. The second-order valence-corrected chi connectivity index (χ2v) is 8.42. The maximum atomic E-state index is 13.4. The number of thioether (sulfide) groups is 1.